The standard InChI is InChI=1S/C22H21ClF4N4O5.C10H8O6S2/c1-35-30-19(28)11-6-15(24)14(16(25)7-11)9-29-20(33)17-2-3-31(17)21(34)18(32)10-4-12(23)8-13(5-10)36-22(26)27;11-17(12,13)9-5-1-3-7-8(9)4-2-6-10(7)18(14,15)16/h4-8,17-18,22,32H,2-3,9H2,1H3,(H2,28,30)(H,29,33);1-6H,(H,11,12,13)(H,14,15,16)/p-1. The molecule has 1 aliphatic rings. The van der Waals surface area contributed by atoms with E-state index in [1.54, 1.807) is 0 Å². The third-order valence-corrected chi connectivity index (χ3v) is 9.77. The molecule has 0 aromatic heterocycles. The van der Waals surface area contributed by atoms with Gasteiger partial charge in [-0.05, 0) is 54.4 Å². The molecule has 5 N–H and O–H groups in total. The zero-order valence-corrected chi connectivity index (χ0v) is 29.9. The maximum atomic E-state index is 14.4. The van der Waals surface area contributed by atoms with Gasteiger partial charge >= 0.3 is 12.4 Å². The molecule has 0 bridgehead atoms. The molecule has 1 saturated heterocycles. The number of benzene rings is 4. The van der Waals surface area contributed by atoms with Crippen molar-refractivity contribution in [2.75, 3.05) is 13.7 Å². The van der Waals surface area contributed by atoms with Crippen LogP contribution < -0.4 is 20.9 Å². The third kappa shape index (κ3) is 9.92. The van der Waals surface area contributed by atoms with Crippen LogP contribution in [0.3, 0.4) is 0 Å². The second-order valence-corrected chi connectivity index (χ2v) is 14.3. The van der Waals surface area contributed by atoms with Crippen molar-refractivity contribution in [1.82, 2.24) is 10.2 Å². The average Bonchev–Trinajstić information content (AvgIpc) is 3.05. The van der Waals surface area contributed by atoms with Gasteiger partial charge in [0.25, 0.3) is 5.91 Å². The van der Waals surface area contributed by atoms with Crippen LogP contribution in [0.15, 0.2) is 76.5 Å². The number of amidine groups is 1. The summed E-state index contributed by atoms with van der Waals surface area (Å²) in [6, 6.07) is 11.3. The molecule has 290 valence electrons. The maximum absolute atomic E-state index is 14.4. The van der Waals surface area contributed by atoms with E-state index in [0.717, 1.165) is 41.3 Å². The SMILES string of the molecule is CO/[NH+]=C(\N)c1cc(F)c(CNC(=O)C2CCN2C(=O)C(O)c2cc(Cl)cc(OC(F)F)c2)c(F)c1.O=S(=O)([O-])c1cccc2c(S(=O)(=O)[O-])cccc12. The summed E-state index contributed by atoms with van der Waals surface area (Å²) in [5.41, 5.74) is 5.05. The number of hydrogen-bond acceptors (Lipinski definition) is 11. The Kier molecular flexibility index (Phi) is 13.1. The van der Waals surface area contributed by atoms with Gasteiger partial charge in [0.05, 0.1) is 15.4 Å². The molecule has 0 radical (unpaired) electrons. The number of nitrogen functional groups attached to an aromatic ring is 1. The lowest BCUT2D eigenvalue weighted by Crippen LogP contribution is -2.73. The van der Waals surface area contributed by atoms with Crippen molar-refractivity contribution in [3.63, 3.8) is 0 Å². The number of nitrogens with one attached hydrogen (secondary N) is 2. The van der Waals surface area contributed by atoms with Gasteiger partial charge < -0.3 is 34.0 Å². The Morgan fingerprint density at radius 2 is 1.56 bits per heavy atom. The molecule has 0 aliphatic carbocycles. The van der Waals surface area contributed by atoms with Crippen LogP contribution in [0.25, 0.3) is 10.8 Å². The smallest absolute Gasteiger partial charge is 0.387 e. The maximum Gasteiger partial charge on any atom is 0.387 e. The Balaban J connectivity index is 0.000000301. The molecule has 2 amide bonds. The van der Waals surface area contributed by atoms with Crippen LogP contribution in [0.1, 0.15) is 29.2 Å². The fourth-order valence-electron chi connectivity index (χ4n) is 5.21. The topological polar surface area (TPSA) is 242 Å². The van der Waals surface area contributed by atoms with E-state index in [0.29, 0.717) is 0 Å². The highest BCUT2D eigenvalue weighted by Gasteiger charge is 2.40. The highest BCUT2D eigenvalue weighted by atomic mass is 35.5. The third-order valence-electron chi connectivity index (χ3n) is 7.76. The number of amides is 2. The van der Waals surface area contributed by atoms with Gasteiger partial charge in [-0.15, -0.1) is 0 Å². The molecule has 1 fully saturated rings. The zero-order chi connectivity index (χ0) is 40.1. The molecule has 2 atom stereocenters. The Bertz CT molecular complexity index is 2240. The highest BCUT2D eigenvalue weighted by molar-refractivity contribution is 7.86. The fraction of sp³-hybridized carbons (Fsp3) is 0.219. The van der Waals surface area contributed by atoms with E-state index in [9.17, 15) is 58.2 Å². The Morgan fingerprint density at radius 3 is 2.02 bits per heavy atom. The van der Waals surface area contributed by atoms with Crippen molar-refractivity contribution in [3.8, 4) is 5.75 Å². The van der Waals surface area contributed by atoms with Crippen LogP contribution in [-0.2, 0) is 41.2 Å². The molecule has 22 heteroatoms. The van der Waals surface area contributed by atoms with Gasteiger partial charge in [0.1, 0.15) is 50.8 Å². The van der Waals surface area contributed by atoms with Gasteiger partial charge in [0.15, 0.2) is 6.10 Å². The minimum atomic E-state index is -4.74. The van der Waals surface area contributed by atoms with Crippen LogP contribution in [0.5, 0.6) is 5.75 Å². The van der Waals surface area contributed by atoms with Crippen molar-refractivity contribution in [3.05, 3.63) is 100 Å². The van der Waals surface area contributed by atoms with E-state index < -0.39 is 84.3 Å². The number of rotatable bonds is 11. The minimum absolute atomic E-state index is 0.00481. The van der Waals surface area contributed by atoms with Gasteiger partial charge in [-0.3, -0.25) is 15.3 Å². The van der Waals surface area contributed by atoms with Crippen LogP contribution in [0.2, 0.25) is 5.02 Å². The molecule has 5 rings (SSSR count). The van der Waals surface area contributed by atoms with Crippen molar-refractivity contribution in [1.29, 1.82) is 0 Å². The second-order valence-electron chi connectivity index (χ2n) is 11.2. The number of alkyl halides is 2. The quantitative estimate of drug-likeness (QED) is 0.0548. The molecule has 1 heterocycles. The van der Waals surface area contributed by atoms with Gasteiger partial charge in [0.2, 0.25) is 5.91 Å². The molecule has 1 aliphatic heterocycles. The van der Waals surface area contributed by atoms with E-state index in [-0.39, 0.29) is 51.5 Å². The zero-order valence-electron chi connectivity index (χ0n) is 27.5. The number of aliphatic hydroxyl groups is 1. The van der Waals surface area contributed by atoms with E-state index in [1.807, 2.05) is 0 Å². The largest absolute Gasteiger partial charge is 0.744 e. The summed E-state index contributed by atoms with van der Waals surface area (Å²) in [5, 5.41) is 14.8. The highest BCUT2D eigenvalue weighted by Crippen LogP contribution is 2.30. The van der Waals surface area contributed by atoms with E-state index in [4.69, 9.17) is 17.3 Å². The molecule has 4 aromatic rings. The number of halogens is 5. The second kappa shape index (κ2) is 17.0. The number of nitrogens with two attached hydrogens (primary N) is 1. The molecule has 15 nitrogen and oxygen atoms in total. The predicted octanol–water partition coefficient (Wildman–Crippen LogP) is 1.17. The molecule has 0 saturated carbocycles. The van der Waals surface area contributed by atoms with Crippen LogP contribution in [0, 0.1) is 11.6 Å². The minimum Gasteiger partial charge on any atom is -0.744 e. The summed E-state index contributed by atoms with van der Waals surface area (Å²) < 4.78 is 124. The summed E-state index contributed by atoms with van der Waals surface area (Å²) >= 11 is 5.85. The lowest BCUT2D eigenvalue weighted by molar-refractivity contribution is -0.744. The van der Waals surface area contributed by atoms with Gasteiger partial charge in [0, 0.05) is 34.4 Å². The van der Waals surface area contributed by atoms with E-state index >= 15 is 0 Å². The fourth-order valence-corrected chi connectivity index (χ4v) is 6.83. The van der Waals surface area contributed by atoms with Crippen LogP contribution in [-0.4, -0.2) is 79.9 Å². The first-order valence-corrected chi connectivity index (χ1v) is 18.3. The van der Waals surface area contributed by atoms with E-state index in [1.165, 1.54) is 37.4 Å². The number of hydrogen-bond donors (Lipinski definition) is 4. The van der Waals surface area contributed by atoms with E-state index in [2.05, 4.69) is 20.0 Å². The Morgan fingerprint density at radius 1 is 1.00 bits per heavy atom. The molecular weight excluding hydrogens is 792 g/mol. The number of carbonyl (C=O) groups is 2. The Labute approximate surface area is 309 Å². The monoisotopic (exact) mass is 819 g/mol. The van der Waals surface area contributed by atoms with Crippen molar-refractivity contribution in [2.24, 2.45) is 5.73 Å². The lowest BCUT2D eigenvalue weighted by Gasteiger charge is -2.40. The first kappa shape index (κ1) is 41.7. The number of aliphatic hydroxyl groups excluding tert-OH is 1. The summed E-state index contributed by atoms with van der Waals surface area (Å²) in [6.45, 7) is -3.54. The number of carbonyl (C=O) groups excluding carboxylic acids is 2. The average molecular weight is 820 g/mol. The van der Waals surface area contributed by atoms with Crippen molar-refractivity contribution >= 4 is 60.3 Å². The number of ether oxygens (including phenoxy) is 1. The molecule has 2 unspecified atom stereocenters. The van der Waals surface area contributed by atoms with Crippen molar-refractivity contribution in [2.45, 2.75) is 41.5 Å². The summed E-state index contributed by atoms with van der Waals surface area (Å²) in [4.78, 5) is 29.9. The molecule has 4 aromatic carbocycles. The first-order chi connectivity index (χ1) is 25.2. The van der Waals surface area contributed by atoms with Crippen LogP contribution >= 0.6 is 11.6 Å². The number of nitrogens with zero attached hydrogens (tertiary/aromatic N) is 1. The summed E-state index contributed by atoms with van der Waals surface area (Å²) in [6.07, 6.45) is -1.58. The first-order valence-electron chi connectivity index (χ1n) is 15.1. The van der Waals surface area contributed by atoms with Crippen LogP contribution in [0.4, 0.5) is 17.6 Å². The Hall–Kier alpha value is -5.06. The summed E-state index contributed by atoms with van der Waals surface area (Å²) in [7, 11) is -8.21. The number of likely N-dealkylation sites (tertiary alicyclic amines) is 1. The normalized spacial score (nSPS) is 15.2. The molecular formula is C32H28ClF4N4O11S2-. The number of fused-ring (bicyclic) bond motifs is 1. The summed E-state index contributed by atoms with van der Waals surface area (Å²) in [5.74, 6) is -4.00. The van der Waals surface area contributed by atoms with Gasteiger partial charge in [-0.2, -0.15) is 8.78 Å². The molecule has 54 heavy (non-hydrogen) atoms. The predicted molar refractivity (Wildman–Crippen MR) is 178 cm³/mol. The lowest BCUT2D eigenvalue weighted by atomic mass is 9.98. The molecule has 0 spiro atoms. The van der Waals surface area contributed by atoms with Gasteiger partial charge in [-0.1, -0.05) is 41.0 Å². The van der Waals surface area contributed by atoms with Gasteiger partial charge in [-0.25, -0.2) is 25.6 Å². The van der Waals surface area contributed by atoms with Crippen molar-refractivity contribution < 1.29 is 72.9 Å².